The quantitative estimate of drug-likeness (QED) is 0.527. The fourth-order valence-electron chi connectivity index (χ4n) is 2.44. The van der Waals surface area contributed by atoms with Crippen molar-refractivity contribution >= 4 is 0 Å². The molecule has 0 spiro atoms. The topological polar surface area (TPSA) is 27.7 Å². The monoisotopic (exact) mass is 348 g/mol. The Hall–Kier alpha value is -2.94. The second-order valence-electron chi connectivity index (χ2n) is 7.04. The SMILES string of the molecule is CC(C)(C)c1ccc(OC(Oc2ccccc2)Oc2ccccc2)cc1. The van der Waals surface area contributed by atoms with Crippen LogP contribution in [0.1, 0.15) is 26.3 Å². The van der Waals surface area contributed by atoms with E-state index < -0.39 is 6.48 Å². The lowest BCUT2D eigenvalue weighted by Gasteiger charge is -2.22. The minimum atomic E-state index is -0.889. The smallest absolute Gasteiger partial charge is 0.406 e. The van der Waals surface area contributed by atoms with E-state index in [1.807, 2.05) is 72.8 Å². The van der Waals surface area contributed by atoms with Gasteiger partial charge in [0.05, 0.1) is 0 Å². The van der Waals surface area contributed by atoms with Crippen molar-refractivity contribution in [2.24, 2.45) is 0 Å². The molecule has 0 unspecified atom stereocenters. The third kappa shape index (κ3) is 5.03. The fraction of sp³-hybridized carbons (Fsp3) is 0.217. The summed E-state index contributed by atoms with van der Waals surface area (Å²) in [5, 5.41) is 0. The predicted octanol–water partition coefficient (Wildman–Crippen LogP) is 5.80. The standard InChI is InChI=1S/C23H24O3/c1-23(2,3)18-14-16-21(17-15-18)26-22(24-19-10-6-4-7-11-19)25-20-12-8-5-9-13-20/h4-17,22H,1-3H3. The van der Waals surface area contributed by atoms with Crippen molar-refractivity contribution in [2.45, 2.75) is 32.7 Å². The van der Waals surface area contributed by atoms with Crippen LogP contribution < -0.4 is 14.2 Å². The van der Waals surface area contributed by atoms with E-state index in [1.165, 1.54) is 5.56 Å². The van der Waals surface area contributed by atoms with Gasteiger partial charge in [-0.25, -0.2) is 0 Å². The van der Waals surface area contributed by atoms with Gasteiger partial charge in [0.2, 0.25) is 0 Å². The zero-order valence-electron chi connectivity index (χ0n) is 15.4. The van der Waals surface area contributed by atoms with Gasteiger partial charge in [-0.05, 0) is 47.4 Å². The van der Waals surface area contributed by atoms with Crippen molar-refractivity contribution in [1.29, 1.82) is 0 Å². The molecule has 26 heavy (non-hydrogen) atoms. The van der Waals surface area contributed by atoms with Crippen molar-refractivity contribution in [2.75, 3.05) is 0 Å². The van der Waals surface area contributed by atoms with Crippen LogP contribution in [0, 0.1) is 0 Å². The Morgan fingerprint density at radius 3 is 1.31 bits per heavy atom. The minimum absolute atomic E-state index is 0.0962. The molecule has 0 radical (unpaired) electrons. The average Bonchev–Trinajstić information content (AvgIpc) is 2.63. The molecular weight excluding hydrogens is 324 g/mol. The lowest BCUT2D eigenvalue weighted by Crippen LogP contribution is -2.30. The van der Waals surface area contributed by atoms with Gasteiger partial charge in [-0.2, -0.15) is 0 Å². The van der Waals surface area contributed by atoms with Gasteiger partial charge in [-0.1, -0.05) is 69.3 Å². The number of hydrogen-bond acceptors (Lipinski definition) is 3. The Bertz CT molecular complexity index is 749. The summed E-state index contributed by atoms with van der Waals surface area (Å²) < 4.78 is 17.7. The van der Waals surface area contributed by atoms with Crippen LogP contribution in [-0.2, 0) is 5.41 Å². The van der Waals surface area contributed by atoms with E-state index in [0.717, 1.165) is 0 Å². The summed E-state index contributed by atoms with van der Waals surface area (Å²) in [6.07, 6.45) is 0. The number of hydrogen-bond donors (Lipinski definition) is 0. The molecule has 0 aromatic heterocycles. The molecule has 3 nitrogen and oxygen atoms in total. The molecule has 0 bridgehead atoms. The van der Waals surface area contributed by atoms with Crippen LogP contribution in [0.25, 0.3) is 0 Å². The van der Waals surface area contributed by atoms with Gasteiger partial charge in [-0.3, -0.25) is 0 Å². The molecule has 0 saturated carbocycles. The Kier molecular flexibility index (Phi) is 5.47. The van der Waals surface area contributed by atoms with Crippen molar-refractivity contribution in [3.8, 4) is 17.2 Å². The van der Waals surface area contributed by atoms with E-state index in [1.54, 1.807) is 0 Å². The first-order chi connectivity index (χ1) is 12.5. The Morgan fingerprint density at radius 1 is 0.538 bits per heavy atom. The first kappa shape index (κ1) is 17.9. The van der Waals surface area contributed by atoms with Crippen LogP contribution in [0.3, 0.4) is 0 Å². The maximum Gasteiger partial charge on any atom is 0.406 e. The molecule has 0 fully saturated rings. The first-order valence-electron chi connectivity index (χ1n) is 8.71. The van der Waals surface area contributed by atoms with E-state index in [2.05, 4.69) is 32.9 Å². The third-order valence-electron chi connectivity index (χ3n) is 3.90. The molecule has 0 amide bonds. The van der Waals surface area contributed by atoms with Gasteiger partial charge in [0, 0.05) is 0 Å². The summed E-state index contributed by atoms with van der Waals surface area (Å²) in [6, 6.07) is 27.0. The van der Waals surface area contributed by atoms with Gasteiger partial charge in [0.25, 0.3) is 0 Å². The second kappa shape index (κ2) is 7.96. The molecule has 0 N–H and O–H groups in total. The van der Waals surface area contributed by atoms with Crippen LogP contribution in [0.15, 0.2) is 84.9 Å². The molecule has 0 aliphatic carbocycles. The minimum Gasteiger partial charge on any atom is -0.423 e. The normalized spacial score (nSPS) is 11.2. The van der Waals surface area contributed by atoms with Crippen molar-refractivity contribution in [3.63, 3.8) is 0 Å². The average molecular weight is 348 g/mol. The molecule has 0 atom stereocenters. The van der Waals surface area contributed by atoms with Crippen LogP contribution >= 0.6 is 0 Å². The molecule has 3 aromatic carbocycles. The summed E-state index contributed by atoms with van der Waals surface area (Å²) in [4.78, 5) is 0. The van der Waals surface area contributed by atoms with E-state index >= 15 is 0 Å². The van der Waals surface area contributed by atoms with Crippen LogP contribution in [-0.4, -0.2) is 6.48 Å². The summed E-state index contributed by atoms with van der Waals surface area (Å²) in [5.41, 5.74) is 1.34. The maximum atomic E-state index is 5.95. The molecular formula is C23H24O3. The van der Waals surface area contributed by atoms with E-state index in [9.17, 15) is 0 Å². The molecule has 0 aliphatic rings. The molecule has 3 aromatic rings. The highest BCUT2D eigenvalue weighted by molar-refractivity contribution is 5.31. The molecule has 0 saturated heterocycles. The number of para-hydroxylation sites is 2. The van der Waals surface area contributed by atoms with Gasteiger partial charge in [0.1, 0.15) is 17.2 Å². The second-order valence-corrected chi connectivity index (χ2v) is 7.04. The van der Waals surface area contributed by atoms with E-state index in [4.69, 9.17) is 14.2 Å². The molecule has 3 rings (SSSR count). The third-order valence-corrected chi connectivity index (χ3v) is 3.90. The van der Waals surface area contributed by atoms with Crippen molar-refractivity contribution in [3.05, 3.63) is 90.5 Å². The molecule has 3 heteroatoms. The van der Waals surface area contributed by atoms with Crippen molar-refractivity contribution < 1.29 is 14.2 Å². The van der Waals surface area contributed by atoms with Crippen LogP contribution in [0.5, 0.6) is 17.2 Å². The van der Waals surface area contributed by atoms with Crippen molar-refractivity contribution in [1.82, 2.24) is 0 Å². The summed E-state index contributed by atoms with van der Waals surface area (Å²) in [5.74, 6) is 2.05. The molecule has 0 aliphatic heterocycles. The van der Waals surface area contributed by atoms with Gasteiger partial charge >= 0.3 is 6.48 Å². The molecule has 0 heterocycles. The first-order valence-corrected chi connectivity index (χ1v) is 8.71. The summed E-state index contributed by atoms with van der Waals surface area (Å²) in [6.45, 7) is 5.66. The Morgan fingerprint density at radius 2 is 0.923 bits per heavy atom. The predicted molar refractivity (Wildman–Crippen MR) is 104 cm³/mol. The fourth-order valence-corrected chi connectivity index (χ4v) is 2.44. The highest BCUT2D eigenvalue weighted by Gasteiger charge is 2.17. The summed E-state index contributed by atoms with van der Waals surface area (Å²) in [7, 11) is 0. The Balaban J connectivity index is 1.76. The maximum absolute atomic E-state index is 5.95. The lowest BCUT2D eigenvalue weighted by molar-refractivity contribution is -0.140. The number of benzene rings is 3. The summed E-state index contributed by atoms with van der Waals surface area (Å²) >= 11 is 0. The van der Waals surface area contributed by atoms with Gasteiger partial charge in [-0.15, -0.1) is 0 Å². The zero-order valence-corrected chi connectivity index (χ0v) is 15.4. The van der Waals surface area contributed by atoms with E-state index in [-0.39, 0.29) is 5.41 Å². The number of rotatable bonds is 6. The highest BCUT2D eigenvalue weighted by Crippen LogP contribution is 2.25. The van der Waals surface area contributed by atoms with Crippen LogP contribution in [0.4, 0.5) is 0 Å². The van der Waals surface area contributed by atoms with Gasteiger partial charge < -0.3 is 14.2 Å². The largest absolute Gasteiger partial charge is 0.423 e. The number of ether oxygens (including phenoxy) is 3. The molecule has 134 valence electrons. The zero-order chi connectivity index (χ0) is 18.4. The van der Waals surface area contributed by atoms with Crippen LogP contribution in [0.2, 0.25) is 0 Å². The van der Waals surface area contributed by atoms with E-state index in [0.29, 0.717) is 17.2 Å². The Labute approximate surface area is 155 Å². The lowest BCUT2D eigenvalue weighted by atomic mass is 9.87. The highest BCUT2D eigenvalue weighted by atomic mass is 16.8. The van der Waals surface area contributed by atoms with Gasteiger partial charge in [0.15, 0.2) is 0 Å².